The van der Waals surface area contributed by atoms with Gasteiger partial charge in [-0.2, -0.15) is 0 Å². The number of rotatable bonds is 11. The van der Waals surface area contributed by atoms with Gasteiger partial charge in [-0.05, 0) is 43.4 Å². The highest BCUT2D eigenvalue weighted by atomic mass is 16.5. The topological polar surface area (TPSA) is 18.5 Å². The van der Waals surface area contributed by atoms with Crippen LogP contribution in [0.1, 0.15) is 73.6 Å². The van der Waals surface area contributed by atoms with E-state index in [9.17, 15) is 0 Å². The summed E-state index contributed by atoms with van der Waals surface area (Å²) in [6.07, 6.45) is 5.77. The summed E-state index contributed by atoms with van der Waals surface area (Å²) >= 11 is 0. The molecule has 1 rings (SSSR count). The Balaban J connectivity index is 2.89. The fourth-order valence-corrected chi connectivity index (χ4v) is 4.59. The zero-order valence-corrected chi connectivity index (χ0v) is 17.6. The van der Waals surface area contributed by atoms with Crippen LogP contribution in [-0.2, 0) is 9.47 Å². The SMILES string of the molecule is C=C(OCC1OCC(C)C(CC)C1C(=C)C(CC)CC)C(CC)CC. The third-order valence-corrected chi connectivity index (χ3v) is 6.45. The highest BCUT2D eigenvalue weighted by Crippen LogP contribution is 2.41. The molecule has 146 valence electrons. The average molecular weight is 351 g/mol. The third-order valence-electron chi connectivity index (χ3n) is 6.45. The minimum atomic E-state index is 0.111. The van der Waals surface area contributed by atoms with Crippen LogP contribution < -0.4 is 0 Å². The summed E-state index contributed by atoms with van der Waals surface area (Å²) in [5.74, 6) is 3.57. The average Bonchev–Trinajstić information content (AvgIpc) is 2.62. The maximum absolute atomic E-state index is 6.27. The lowest BCUT2D eigenvalue weighted by Crippen LogP contribution is -2.45. The second-order valence-corrected chi connectivity index (χ2v) is 7.83. The standard InChI is InChI=1S/C23H42O2/c1-9-19(10-2)17(7)23-21(13-5)16(6)14-25-22(23)15-24-18(8)20(11-3)12-4/h16,19-23H,7-15H2,1-6H3. The Morgan fingerprint density at radius 2 is 1.56 bits per heavy atom. The number of hydrogen-bond acceptors (Lipinski definition) is 2. The van der Waals surface area contributed by atoms with E-state index in [1.807, 2.05) is 0 Å². The van der Waals surface area contributed by atoms with Gasteiger partial charge in [0.1, 0.15) is 6.61 Å². The Kier molecular flexibility index (Phi) is 9.86. The van der Waals surface area contributed by atoms with Crippen LogP contribution in [-0.4, -0.2) is 19.3 Å². The molecule has 0 aromatic rings. The lowest BCUT2D eigenvalue weighted by atomic mass is 9.69. The monoisotopic (exact) mass is 350 g/mol. The minimum Gasteiger partial charge on any atom is -0.496 e. The number of ether oxygens (including phenoxy) is 2. The Morgan fingerprint density at radius 3 is 2.04 bits per heavy atom. The molecule has 1 aliphatic rings. The molecular formula is C23H42O2. The molecule has 1 fully saturated rings. The van der Waals surface area contributed by atoms with Crippen LogP contribution >= 0.6 is 0 Å². The molecule has 1 heterocycles. The second kappa shape index (κ2) is 11.1. The second-order valence-electron chi connectivity index (χ2n) is 7.83. The molecule has 4 atom stereocenters. The van der Waals surface area contributed by atoms with Crippen LogP contribution in [0, 0.1) is 29.6 Å². The molecule has 0 aromatic heterocycles. The Bertz CT molecular complexity index is 406. The van der Waals surface area contributed by atoms with Crippen molar-refractivity contribution >= 4 is 0 Å². The van der Waals surface area contributed by atoms with Crippen molar-refractivity contribution in [3.05, 3.63) is 24.5 Å². The summed E-state index contributed by atoms with van der Waals surface area (Å²) in [7, 11) is 0. The molecular weight excluding hydrogens is 308 g/mol. The normalized spacial score (nSPS) is 26.9. The molecule has 0 N–H and O–H groups in total. The molecule has 25 heavy (non-hydrogen) atoms. The smallest absolute Gasteiger partial charge is 0.114 e. The van der Waals surface area contributed by atoms with Crippen LogP contribution in [0.2, 0.25) is 0 Å². The van der Waals surface area contributed by atoms with Gasteiger partial charge in [0.2, 0.25) is 0 Å². The van der Waals surface area contributed by atoms with Crippen LogP contribution in [0.15, 0.2) is 24.5 Å². The maximum Gasteiger partial charge on any atom is 0.114 e. The third kappa shape index (κ3) is 5.61. The lowest BCUT2D eigenvalue weighted by molar-refractivity contribution is -0.104. The van der Waals surface area contributed by atoms with E-state index in [1.54, 1.807) is 0 Å². The van der Waals surface area contributed by atoms with Crippen molar-refractivity contribution in [1.82, 2.24) is 0 Å². The van der Waals surface area contributed by atoms with Gasteiger partial charge in [0, 0.05) is 18.4 Å². The molecule has 1 saturated heterocycles. The van der Waals surface area contributed by atoms with Gasteiger partial charge in [0.25, 0.3) is 0 Å². The molecule has 1 aliphatic heterocycles. The summed E-state index contributed by atoms with van der Waals surface area (Å²) in [5, 5.41) is 0. The van der Waals surface area contributed by atoms with Crippen molar-refractivity contribution in [1.29, 1.82) is 0 Å². The van der Waals surface area contributed by atoms with Gasteiger partial charge >= 0.3 is 0 Å². The van der Waals surface area contributed by atoms with E-state index < -0.39 is 0 Å². The Hall–Kier alpha value is -0.760. The maximum atomic E-state index is 6.27. The van der Waals surface area contributed by atoms with E-state index in [1.165, 1.54) is 12.0 Å². The first kappa shape index (κ1) is 22.3. The van der Waals surface area contributed by atoms with Gasteiger partial charge in [-0.3, -0.25) is 0 Å². The minimum absolute atomic E-state index is 0.111. The Morgan fingerprint density at radius 1 is 1.00 bits per heavy atom. The van der Waals surface area contributed by atoms with Crippen LogP contribution in [0.5, 0.6) is 0 Å². The predicted octanol–water partition coefficient (Wildman–Crippen LogP) is 6.62. The molecule has 0 spiro atoms. The van der Waals surface area contributed by atoms with Gasteiger partial charge in [0.05, 0.1) is 11.9 Å². The van der Waals surface area contributed by atoms with Gasteiger partial charge < -0.3 is 9.47 Å². The zero-order valence-electron chi connectivity index (χ0n) is 17.6. The van der Waals surface area contributed by atoms with Gasteiger partial charge in [0.15, 0.2) is 0 Å². The fourth-order valence-electron chi connectivity index (χ4n) is 4.59. The van der Waals surface area contributed by atoms with E-state index >= 15 is 0 Å². The summed E-state index contributed by atoms with van der Waals surface area (Å²) in [6, 6.07) is 0. The number of hydrogen-bond donors (Lipinski definition) is 0. The first-order valence-electron chi connectivity index (χ1n) is 10.6. The summed E-state index contributed by atoms with van der Waals surface area (Å²) in [4.78, 5) is 0. The molecule has 0 saturated carbocycles. The van der Waals surface area contributed by atoms with Crippen LogP contribution in [0.3, 0.4) is 0 Å². The fraction of sp³-hybridized carbons (Fsp3) is 0.826. The zero-order chi connectivity index (χ0) is 19.0. The predicted molar refractivity (Wildman–Crippen MR) is 109 cm³/mol. The quantitative estimate of drug-likeness (QED) is 0.308. The van der Waals surface area contributed by atoms with Gasteiger partial charge in [-0.1, -0.05) is 66.7 Å². The summed E-state index contributed by atoms with van der Waals surface area (Å²) in [6.45, 7) is 23.7. The van der Waals surface area contributed by atoms with E-state index in [-0.39, 0.29) is 6.10 Å². The number of allylic oxidation sites excluding steroid dienone is 1. The van der Waals surface area contributed by atoms with Crippen LogP contribution in [0.4, 0.5) is 0 Å². The lowest BCUT2D eigenvalue weighted by Gasteiger charge is -2.44. The van der Waals surface area contributed by atoms with Crippen molar-refractivity contribution in [2.75, 3.05) is 13.2 Å². The van der Waals surface area contributed by atoms with Gasteiger partial charge in [-0.15, -0.1) is 0 Å². The highest BCUT2D eigenvalue weighted by molar-refractivity contribution is 5.12. The Labute approximate surface area is 157 Å². The molecule has 0 radical (unpaired) electrons. The molecule has 2 heteroatoms. The molecule has 0 aromatic carbocycles. The van der Waals surface area contributed by atoms with Crippen molar-refractivity contribution in [3.63, 3.8) is 0 Å². The molecule has 0 amide bonds. The van der Waals surface area contributed by atoms with E-state index in [0.717, 1.165) is 38.0 Å². The first-order valence-corrected chi connectivity index (χ1v) is 10.6. The first-order chi connectivity index (χ1) is 11.9. The van der Waals surface area contributed by atoms with Crippen molar-refractivity contribution in [2.24, 2.45) is 29.6 Å². The van der Waals surface area contributed by atoms with Crippen molar-refractivity contribution < 1.29 is 9.47 Å². The molecule has 4 unspecified atom stereocenters. The van der Waals surface area contributed by atoms with Crippen molar-refractivity contribution in [3.8, 4) is 0 Å². The van der Waals surface area contributed by atoms with E-state index in [4.69, 9.17) is 9.47 Å². The van der Waals surface area contributed by atoms with Gasteiger partial charge in [-0.25, -0.2) is 0 Å². The highest BCUT2D eigenvalue weighted by Gasteiger charge is 2.40. The largest absolute Gasteiger partial charge is 0.496 e. The molecule has 0 bridgehead atoms. The molecule has 2 nitrogen and oxygen atoms in total. The van der Waals surface area contributed by atoms with Crippen LogP contribution in [0.25, 0.3) is 0 Å². The molecule has 0 aliphatic carbocycles. The van der Waals surface area contributed by atoms with E-state index in [0.29, 0.717) is 36.2 Å². The van der Waals surface area contributed by atoms with Crippen molar-refractivity contribution in [2.45, 2.75) is 79.8 Å². The summed E-state index contributed by atoms with van der Waals surface area (Å²) in [5.41, 5.74) is 1.38. The summed E-state index contributed by atoms with van der Waals surface area (Å²) < 4.78 is 12.4. The van der Waals surface area contributed by atoms with E-state index in [2.05, 4.69) is 54.7 Å².